The molecule has 0 spiro atoms. The third kappa shape index (κ3) is 3.08. The maximum absolute atomic E-state index is 13.4. The summed E-state index contributed by atoms with van der Waals surface area (Å²) in [5, 5.41) is 4.48. The average molecular weight is 406 g/mol. The number of thiophene rings is 1. The molecule has 0 fully saturated rings. The van der Waals surface area contributed by atoms with E-state index in [-0.39, 0.29) is 12.1 Å². The normalized spacial score (nSPS) is 17.9. The monoisotopic (exact) mass is 405 g/mol. The Hall–Kier alpha value is -2.53. The van der Waals surface area contributed by atoms with Gasteiger partial charge in [0.15, 0.2) is 0 Å². The predicted octanol–water partition coefficient (Wildman–Crippen LogP) is 6.14. The fraction of sp³-hybridized carbons (Fsp3) is 0.375. The zero-order chi connectivity index (χ0) is 20.1. The van der Waals surface area contributed by atoms with Crippen molar-refractivity contribution in [2.24, 2.45) is 0 Å². The van der Waals surface area contributed by atoms with Crippen LogP contribution in [-0.2, 0) is 19.4 Å². The molecule has 0 radical (unpaired) electrons. The Labute approximate surface area is 176 Å². The maximum atomic E-state index is 13.4. The molecule has 2 aromatic heterocycles. The van der Waals surface area contributed by atoms with E-state index in [9.17, 15) is 4.79 Å². The van der Waals surface area contributed by atoms with Crippen molar-refractivity contribution in [3.63, 3.8) is 0 Å². The van der Waals surface area contributed by atoms with Crippen molar-refractivity contribution in [2.75, 3.05) is 5.32 Å². The molecular weight excluding hydrogens is 378 g/mol. The lowest BCUT2D eigenvalue weighted by Crippen LogP contribution is -2.36. The van der Waals surface area contributed by atoms with Crippen LogP contribution in [0.25, 0.3) is 5.00 Å². The molecule has 150 valence electrons. The Morgan fingerprint density at radius 2 is 1.97 bits per heavy atom. The highest BCUT2D eigenvalue weighted by Gasteiger charge is 2.33. The van der Waals surface area contributed by atoms with Gasteiger partial charge in [-0.2, -0.15) is 0 Å². The number of rotatable bonds is 1. The molecular formula is C24H27N3OS. The van der Waals surface area contributed by atoms with Crippen LogP contribution in [0.2, 0.25) is 0 Å². The summed E-state index contributed by atoms with van der Waals surface area (Å²) in [6.07, 6.45) is 6.99. The third-order valence-electron chi connectivity index (χ3n) is 6.37. The van der Waals surface area contributed by atoms with Crippen LogP contribution in [-0.4, -0.2) is 15.5 Å². The molecule has 4 nitrogen and oxygen atoms in total. The van der Waals surface area contributed by atoms with E-state index in [2.05, 4.69) is 48.1 Å². The van der Waals surface area contributed by atoms with E-state index in [1.165, 1.54) is 51.5 Å². The molecule has 0 bridgehead atoms. The van der Waals surface area contributed by atoms with Gasteiger partial charge in [0, 0.05) is 28.0 Å². The maximum Gasteiger partial charge on any atom is 0.322 e. The number of hydrogen-bond acceptors (Lipinski definition) is 2. The zero-order valence-corrected chi connectivity index (χ0v) is 18.1. The Morgan fingerprint density at radius 1 is 1.14 bits per heavy atom. The van der Waals surface area contributed by atoms with Gasteiger partial charge in [-0.1, -0.05) is 17.7 Å². The summed E-state index contributed by atoms with van der Waals surface area (Å²) in [5.41, 5.74) is 7.21. The number of urea groups is 1. The van der Waals surface area contributed by atoms with E-state index in [0.29, 0.717) is 6.54 Å². The van der Waals surface area contributed by atoms with Gasteiger partial charge < -0.3 is 14.8 Å². The van der Waals surface area contributed by atoms with Crippen LogP contribution >= 0.6 is 11.3 Å². The fourth-order valence-electron chi connectivity index (χ4n) is 4.75. The summed E-state index contributed by atoms with van der Waals surface area (Å²) in [5.74, 6) is 0. The van der Waals surface area contributed by atoms with E-state index in [0.717, 1.165) is 17.7 Å². The first-order chi connectivity index (χ1) is 14.0. The van der Waals surface area contributed by atoms with Crippen molar-refractivity contribution in [1.82, 2.24) is 9.47 Å². The highest BCUT2D eigenvalue weighted by molar-refractivity contribution is 7.15. The lowest BCUT2D eigenvalue weighted by Gasteiger charge is -2.28. The summed E-state index contributed by atoms with van der Waals surface area (Å²) in [7, 11) is 0. The number of aryl methyl sites for hydroxylation is 3. The first-order valence-electron chi connectivity index (χ1n) is 10.5. The lowest BCUT2D eigenvalue weighted by molar-refractivity contribution is 0.189. The number of hydrogen-bond donors (Lipinski definition) is 1. The minimum Gasteiger partial charge on any atom is -0.312 e. The summed E-state index contributed by atoms with van der Waals surface area (Å²) in [4.78, 5) is 16.9. The van der Waals surface area contributed by atoms with Gasteiger partial charge in [-0.15, -0.1) is 11.3 Å². The van der Waals surface area contributed by atoms with Crippen molar-refractivity contribution in [1.29, 1.82) is 0 Å². The largest absolute Gasteiger partial charge is 0.322 e. The Morgan fingerprint density at radius 3 is 2.79 bits per heavy atom. The molecule has 0 saturated heterocycles. The van der Waals surface area contributed by atoms with Gasteiger partial charge in [-0.05, 0) is 75.8 Å². The van der Waals surface area contributed by atoms with Crippen molar-refractivity contribution >= 4 is 23.1 Å². The number of anilines is 1. The lowest BCUT2D eigenvalue weighted by atomic mass is 9.95. The van der Waals surface area contributed by atoms with E-state index in [1.54, 1.807) is 0 Å². The van der Waals surface area contributed by atoms with Crippen molar-refractivity contribution in [3.05, 3.63) is 69.4 Å². The summed E-state index contributed by atoms with van der Waals surface area (Å²) >= 11 is 1.93. The molecule has 29 heavy (non-hydrogen) atoms. The second-order valence-corrected chi connectivity index (χ2v) is 9.43. The SMILES string of the molecule is Cc1ccc(NC(=O)N2Cc3c(sc4c3CCCC4)-n3cccc3C2C)c(C)c1. The third-order valence-corrected chi connectivity index (χ3v) is 7.70. The highest BCUT2D eigenvalue weighted by Crippen LogP contribution is 2.42. The zero-order valence-electron chi connectivity index (χ0n) is 17.3. The van der Waals surface area contributed by atoms with Crippen LogP contribution in [0, 0.1) is 13.8 Å². The molecule has 5 rings (SSSR count). The van der Waals surface area contributed by atoms with Gasteiger partial charge in [0.25, 0.3) is 0 Å². The molecule has 2 amide bonds. The van der Waals surface area contributed by atoms with Crippen LogP contribution in [0.3, 0.4) is 0 Å². The van der Waals surface area contributed by atoms with Gasteiger partial charge in [0.2, 0.25) is 0 Å². The summed E-state index contributed by atoms with van der Waals surface area (Å²) < 4.78 is 2.31. The predicted molar refractivity (Wildman–Crippen MR) is 119 cm³/mol. The number of aromatic nitrogens is 1. The van der Waals surface area contributed by atoms with Crippen LogP contribution < -0.4 is 5.32 Å². The first-order valence-corrected chi connectivity index (χ1v) is 11.3. The number of carbonyl (C=O) groups is 1. The van der Waals surface area contributed by atoms with E-state index < -0.39 is 0 Å². The van der Waals surface area contributed by atoms with E-state index in [4.69, 9.17) is 0 Å². The molecule has 5 heteroatoms. The van der Waals surface area contributed by atoms with Crippen molar-refractivity contribution in [2.45, 2.75) is 59.0 Å². The minimum atomic E-state index is -0.0270. The molecule has 3 aromatic rings. The van der Waals surface area contributed by atoms with Gasteiger partial charge in [0.1, 0.15) is 5.00 Å². The van der Waals surface area contributed by atoms with Crippen LogP contribution in [0.1, 0.15) is 58.6 Å². The topological polar surface area (TPSA) is 37.3 Å². The summed E-state index contributed by atoms with van der Waals surface area (Å²) in [6, 6.07) is 10.4. The van der Waals surface area contributed by atoms with Crippen molar-refractivity contribution < 1.29 is 4.79 Å². The number of nitrogens with zero attached hydrogens (tertiary/aromatic N) is 2. The Kier molecular flexibility index (Phi) is 4.50. The number of amides is 2. The molecule has 1 N–H and O–H groups in total. The van der Waals surface area contributed by atoms with Gasteiger partial charge >= 0.3 is 6.03 Å². The molecule has 2 aliphatic rings. The van der Waals surface area contributed by atoms with Gasteiger partial charge in [-0.25, -0.2) is 4.79 Å². The molecule has 0 saturated carbocycles. The second kappa shape index (κ2) is 7.06. The van der Waals surface area contributed by atoms with Crippen LogP contribution in [0.15, 0.2) is 36.5 Å². The van der Waals surface area contributed by atoms with Crippen LogP contribution in [0.4, 0.5) is 10.5 Å². The van der Waals surface area contributed by atoms with Crippen LogP contribution in [0.5, 0.6) is 0 Å². The molecule has 3 heterocycles. The van der Waals surface area contributed by atoms with Crippen molar-refractivity contribution in [3.8, 4) is 5.00 Å². The molecule has 1 aliphatic carbocycles. The average Bonchev–Trinajstić information content (AvgIpc) is 3.30. The first kappa shape index (κ1) is 18.5. The Balaban J connectivity index is 1.54. The highest BCUT2D eigenvalue weighted by atomic mass is 32.1. The second-order valence-electron chi connectivity index (χ2n) is 8.35. The minimum absolute atomic E-state index is 0.00888. The molecule has 1 aromatic carbocycles. The number of fused-ring (bicyclic) bond motifs is 5. The van der Waals surface area contributed by atoms with E-state index in [1.807, 2.05) is 35.3 Å². The number of benzene rings is 1. The van der Waals surface area contributed by atoms with Gasteiger partial charge in [-0.3, -0.25) is 0 Å². The Bertz CT molecular complexity index is 1090. The summed E-state index contributed by atoms with van der Waals surface area (Å²) in [6.45, 7) is 6.93. The number of carbonyl (C=O) groups excluding carboxylic acids is 1. The molecule has 1 aliphatic heterocycles. The fourth-order valence-corrected chi connectivity index (χ4v) is 6.15. The smallest absolute Gasteiger partial charge is 0.312 e. The van der Waals surface area contributed by atoms with E-state index >= 15 is 0 Å². The standard InChI is InChI=1S/C24H27N3OS/c1-15-10-11-20(16(2)13-15)25-24(28)27-14-19-18-7-4-5-9-22(18)29-23(19)26-12-6-8-21(26)17(27)3/h6,8,10-13,17H,4-5,7,9,14H2,1-3H3,(H,25,28). The quantitative estimate of drug-likeness (QED) is 0.518. The number of nitrogens with one attached hydrogen (secondary N) is 1. The molecule has 1 atom stereocenters. The van der Waals surface area contributed by atoms with Gasteiger partial charge in [0.05, 0.1) is 12.6 Å². The molecule has 1 unspecified atom stereocenters.